The Labute approximate surface area is 151 Å². The molecule has 0 aliphatic rings. The van der Waals surface area contributed by atoms with E-state index >= 15 is 0 Å². The van der Waals surface area contributed by atoms with Crippen LogP contribution < -0.4 is 3.24 Å². The van der Waals surface area contributed by atoms with Gasteiger partial charge in [0.15, 0.2) is 0 Å². The average Bonchev–Trinajstić information content (AvgIpc) is 2.61. The zero-order valence-corrected chi connectivity index (χ0v) is 17.5. The fraction of sp³-hybridized carbons (Fsp3) is 0.182. The topological polar surface area (TPSA) is 9.23 Å². The summed E-state index contributed by atoms with van der Waals surface area (Å²) in [5.41, 5.74) is 5.38. The summed E-state index contributed by atoms with van der Waals surface area (Å²) >= 11 is -2.20. The monoisotopic (exact) mass is 484 g/mol. The quantitative estimate of drug-likeness (QED) is 0.442. The van der Waals surface area contributed by atoms with Gasteiger partial charge in [0, 0.05) is 0 Å². The molecule has 0 saturated carbocycles. The van der Waals surface area contributed by atoms with E-state index in [4.69, 9.17) is 3.24 Å². The Bertz CT molecular complexity index is 727. The summed E-state index contributed by atoms with van der Waals surface area (Å²) in [7, 11) is 0. The third-order valence-electron chi connectivity index (χ3n) is 4.19. The fourth-order valence-corrected chi connectivity index (χ4v) is 9.67. The van der Waals surface area contributed by atoms with Crippen LogP contribution in [0, 0.1) is 13.8 Å². The summed E-state index contributed by atoms with van der Waals surface area (Å²) in [6, 6.07) is 27.9. The van der Waals surface area contributed by atoms with Gasteiger partial charge in [-0.05, 0) is 0 Å². The number of hydrogen-bond acceptors (Lipinski definition) is 1. The van der Waals surface area contributed by atoms with Crippen molar-refractivity contribution in [3.8, 4) is 5.75 Å². The molecule has 0 aliphatic carbocycles. The van der Waals surface area contributed by atoms with E-state index in [9.17, 15) is 0 Å². The van der Waals surface area contributed by atoms with Crippen molar-refractivity contribution in [2.45, 2.75) is 23.1 Å². The molecule has 0 aromatic heterocycles. The fourth-order valence-electron chi connectivity index (χ4n) is 2.66. The van der Waals surface area contributed by atoms with Gasteiger partial charge < -0.3 is 0 Å². The molecule has 0 N–H and O–H groups in total. The van der Waals surface area contributed by atoms with Crippen LogP contribution in [0.1, 0.15) is 22.3 Å². The molecule has 0 atom stereocenters. The SMILES string of the molecule is Cc1cccc([O][Ta]([CH2]c2ccccc2)[CH2]c2ccccc2)c1C. The molecule has 0 saturated heterocycles. The Morgan fingerprint density at radius 2 is 1.21 bits per heavy atom. The minimum atomic E-state index is -2.20. The minimum absolute atomic E-state index is 1.08. The van der Waals surface area contributed by atoms with Crippen molar-refractivity contribution in [1.82, 2.24) is 0 Å². The molecule has 0 heterocycles. The van der Waals surface area contributed by atoms with Gasteiger partial charge in [-0.2, -0.15) is 0 Å². The molecule has 2 heteroatoms. The summed E-state index contributed by atoms with van der Waals surface area (Å²) in [4.78, 5) is 0. The van der Waals surface area contributed by atoms with Crippen molar-refractivity contribution < 1.29 is 22.1 Å². The van der Waals surface area contributed by atoms with Crippen molar-refractivity contribution >= 4 is 0 Å². The van der Waals surface area contributed by atoms with Gasteiger partial charge in [-0.15, -0.1) is 0 Å². The summed E-state index contributed by atoms with van der Waals surface area (Å²) in [6.07, 6.45) is 0. The molecule has 1 nitrogen and oxygen atoms in total. The molecule has 3 aromatic carbocycles. The molecule has 0 radical (unpaired) electrons. The second-order valence-electron chi connectivity index (χ2n) is 6.06. The van der Waals surface area contributed by atoms with Crippen LogP contribution in [0.4, 0.5) is 0 Å². The molecule has 0 aliphatic heterocycles. The first-order valence-electron chi connectivity index (χ1n) is 8.29. The molecule has 122 valence electrons. The van der Waals surface area contributed by atoms with Crippen LogP contribution in [0.2, 0.25) is 0 Å². The summed E-state index contributed by atoms with van der Waals surface area (Å²) in [5, 5.41) is 0. The van der Waals surface area contributed by atoms with E-state index in [0.717, 1.165) is 15.0 Å². The zero-order chi connectivity index (χ0) is 16.8. The predicted molar refractivity (Wildman–Crippen MR) is 96.8 cm³/mol. The molecule has 24 heavy (non-hydrogen) atoms. The van der Waals surface area contributed by atoms with E-state index < -0.39 is 18.8 Å². The number of aryl methyl sites for hydroxylation is 1. The van der Waals surface area contributed by atoms with E-state index in [0.29, 0.717) is 0 Å². The van der Waals surface area contributed by atoms with Gasteiger partial charge in [-0.25, -0.2) is 0 Å². The number of benzene rings is 3. The molecule has 3 aromatic rings. The van der Waals surface area contributed by atoms with E-state index in [-0.39, 0.29) is 0 Å². The van der Waals surface area contributed by atoms with Crippen molar-refractivity contribution in [1.29, 1.82) is 0 Å². The normalized spacial score (nSPS) is 10.8. The molecule has 0 spiro atoms. The van der Waals surface area contributed by atoms with Crippen molar-refractivity contribution in [2.75, 3.05) is 0 Å². The first-order valence-corrected chi connectivity index (χ1v) is 14.1. The van der Waals surface area contributed by atoms with Crippen molar-refractivity contribution in [3.05, 3.63) is 101 Å². The molecule has 0 amide bonds. The second kappa shape index (κ2) is 8.34. The van der Waals surface area contributed by atoms with Crippen LogP contribution in [0.15, 0.2) is 78.9 Å². The van der Waals surface area contributed by atoms with Gasteiger partial charge in [0.25, 0.3) is 0 Å². The van der Waals surface area contributed by atoms with E-state index in [1.165, 1.54) is 22.3 Å². The first-order chi connectivity index (χ1) is 11.7. The standard InChI is InChI=1S/C8H10O.2C7H7.Ta/c1-6-4-3-5-8(9)7(6)2;2*1-7-5-3-2-4-6-7;/h3-5,9H,1-2H3;2*2-6H,1H2;/q;;;+1/p-1. The third kappa shape index (κ3) is 4.61. The van der Waals surface area contributed by atoms with E-state index in [1.54, 1.807) is 0 Å². The van der Waals surface area contributed by atoms with Crippen LogP contribution in [0.5, 0.6) is 5.75 Å². The molecule has 0 bridgehead atoms. The third-order valence-corrected chi connectivity index (χ3v) is 11.0. The molecular formula is C22H23OTa. The van der Waals surface area contributed by atoms with Gasteiger partial charge in [0.05, 0.1) is 0 Å². The van der Waals surface area contributed by atoms with Gasteiger partial charge in [-0.1, -0.05) is 0 Å². The zero-order valence-electron chi connectivity index (χ0n) is 14.3. The van der Waals surface area contributed by atoms with Crippen LogP contribution in [0.3, 0.4) is 0 Å². The van der Waals surface area contributed by atoms with Crippen molar-refractivity contribution in [2.24, 2.45) is 0 Å². The van der Waals surface area contributed by atoms with Gasteiger partial charge in [0.1, 0.15) is 0 Å². The summed E-state index contributed by atoms with van der Waals surface area (Å²) in [6.45, 7) is 4.32. The Morgan fingerprint density at radius 3 is 1.75 bits per heavy atom. The van der Waals surface area contributed by atoms with Crippen LogP contribution in [0.25, 0.3) is 0 Å². The average molecular weight is 484 g/mol. The Kier molecular flexibility index (Phi) is 5.92. The molecule has 0 fully saturated rings. The van der Waals surface area contributed by atoms with E-state index in [1.807, 2.05) is 0 Å². The van der Waals surface area contributed by atoms with Gasteiger partial charge >= 0.3 is 152 Å². The number of hydrogen-bond donors (Lipinski definition) is 0. The van der Waals surface area contributed by atoms with Gasteiger partial charge in [0.2, 0.25) is 0 Å². The van der Waals surface area contributed by atoms with Crippen LogP contribution in [-0.4, -0.2) is 0 Å². The van der Waals surface area contributed by atoms with Gasteiger partial charge in [-0.3, -0.25) is 0 Å². The van der Waals surface area contributed by atoms with Crippen LogP contribution >= 0.6 is 0 Å². The second-order valence-corrected chi connectivity index (χ2v) is 12.4. The van der Waals surface area contributed by atoms with Crippen LogP contribution in [-0.2, 0) is 28.1 Å². The maximum atomic E-state index is 6.64. The predicted octanol–water partition coefficient (Wildman–Crippen LogP) is 5.62. The van der Waals surface area contributed by atoms with E-state index in [2.05, 4.69) is 92.7 Å². The molecule has 0 unspecified atom stereocenters. The summed E-state index contributed by atoms with van der Waals surface area (Å²) < 4.78 is 8.86. The Balaban J connectivity index is 1.82. The molecular weight excluding hydrogens is 461 g/mol. The molecule has 3 rings (SSSR count). The first kappa shape index (κ1) is 17.0. The maximum absolute atomic E-state index is 6.64. The van der Waals surface area contributed by atoms with Crippen molar-refractivity contribution in [3.63, 3.8) is 0 Å². The Hall–Kier alpha value is -1.80. The Morgan fingerprint density at radius 1 is 0.667 bits per heavy atom. The number of rotatable bonds is 6. The summed E-state index contributed by atoms with van der Waals surface area (Å²) in [5.74, 6) is 1.08.